The number of piperidine rings is 1. The van der Waals surface area contributed by atoms with Gasteiger partial charge in [0.1, 0.15) is 6.61 Å². The van der Waals surface area contributed by atoms with Gasteiger partial charge in [0.05, 0.1) is 25.4 Å². The molecule has 0 saturated carbocycles. The number of hydrogen-bond donors (Lipinski definition) is 1. The van der Waals surface area contributed by atoms with E-state index in [0.717, 1.165) is 18.4 Å². The average molecular weight is 291 g/mol. The highest BCUT2D eigenvalue weighted by Gasteiger charge is 2.40. The van der Waals surface area contributed by atoms with Crippen LogP contribution in [0.4, 0.5) is 4.79 Å². The predicted octanol–water partition coefficient (Wildman–Crippen LogP) is 1.79. The van der Waals surface area contributed by atoms with E-state index in [4.69, 9.17) is 14.6 Å². The number of amides is 1. The van der Waals surface area contributed by atoms with Crippen LogP contribution in [0.2, 0.25) is 0 Å². The molecule has 0 spiro atoms. The summed E-state index contributed by atoms with van der Waals surface area (Å²) in [5.41, 5.74) is 0.984. The van der Waals surface area contributed by atoms with Crippen molar-refractivity contribution in [2.75, 3.05) is 19.7 Å². The van der Waals surface area contributed by atoms with Gasteiger partial charge in [0.2, 0.25) is 0 Å². The van der Waals surface area contributed by atoms with Crippen molar-refractivity contribution in [3.8, 4) is 0 Å². The van der Waals surface area contributed by atoms with Gasteiger partial charge in [-0.25, -0.2) is 4.79 Å². The van der Waals surface area contributed by atoms with E-state index in [1.165, 1.54) is 0 Å². The second-order valence-electron chi connectivity index (χ2n) is 5.75. The lowest BCUT2D eigenvalue weighted by Crippen LogP contribution is -2.45. The monoisotopic (exact) mass is 291 g/mol. The number of hydrogen-bond acceptors (Lipinski definition) is 4. The third kappa shape index (κ3) is 3.36. The summed E-state index contributed by atoms with van der Waals surface area (Å²) in [5.74, 6) is 0.459. The number of nitrogens with zero attached hydrogens (tertiary/aromatic N) is 1. The second kappa shape index (κ2) is 6.45. The molecule has 1 aromatic carbocycles. The van der Waals surface area contributed by atoms with Gasteiger partial charge in [-0.05, 0) is 24.3 Å². The maximum atomic E-state index is 12.1. The predicted molar refractivity (Wildman–Crippen MR) is 76.7 cm³/mol. The van der Waals surface area contributed by atoms with Crippen LogP contribution < -0.4 is 0 Å². The molecule has 1 aromatic rings. The van der Waals surface area contributed by atoms with Crippen LogP contribution in [0.25, 0.3) is 0 Å². The van der Waals surface area contributed by atoms with Crippen LogP contribution >= 0.6 is 0 Å². The highest BCUT2D eigenvalue weighted by Crippen LogP contribution is 2.33. The molecule has 114 valence electrons. The fraction of sp³-hybridized carbons (Fsp3) is 0.562. The van der Waals surface area contributed by atoms with Crippen LogP contribution in [-0.4, -0.2) is 48.0 Å². The summed E-state index contributed by atoms with van der Waals surface area (Å²) in [7, 11) is 0. The first-order chi connectivity index (χ1) is 10.3. The molecule has 0 bridgehead atoms. The summed E-state index contributed by atoms with van der Waals surface area (Å²) < 4.78 is 11.1. The SMILES string of the molecule is O=C(OCc1ccccc1)N1CC[C@H]2CC(CO)O[C@@H]2C1. The molecule has 2 heterocycles. The first-order valence-electron chi connectivity index (χ1n) is 7.48. The number of fused-ring (bicyclic) bond motifs is 1. The Bertz CT molecular complexity index is 478. The van der Waals surface area contributed by atoms with Gasteiger partial charge in [-0.2, -0.15) is 0 Å². The highest BCUT2D eigenvalue weighted by atomic mass is 16.6. The normalized spacial score (nSPS) is 28.2. The Balaban J connectivity index is 1.50. The van der Waals surface area contributed by atoms with E-state index in [-0.39, 0.29) is 24.9 Å². The fourth-order valence-corrected chi connectivity index (χ4v) is 3.12. The minimum Gasteiger partial charge on any atom is -0.445 e. The van der Waals surface area contributed by atoms with E-state index >= 15 is 0 Å². The topological polar surface area (TPSA) is 59.0 Å². The number of rotatable bonds is 3. The lowest BCUT2D eigenvalue weighted by Gasteiger charge is -2.33. The van der Waals surface area contributed by atoms with Crippen LogP contribution in [0.15, 0.2) is 30.3 Å². The number of benzene rings is 1. The molecule has 2 aliphatic rings. The summed E-state index contributed by atoms with van der Waals surface area (Å²) in [6.45, 7) is 1.63. The van der Waals surface area contributed by atoms with Gasteiger partial charge in [-0.15, -0.1) is 0 Å². The Morgan fingerprint density at radius 2 is 2.19 bits per heavy atom. The van der Waals surface area contributed by atoms with E-state index in [1.54, 1.807) is 4.90 Å². The molecule has 1 amide bonds. The number of likely N-dealkylation sites (tertiary alicyclic amines) is 1. The van der Waals surface area contributed by atoms with Gasteiger partial charge < -0.3 is 19.5 Å². The third-order valence-electron chi connectivity index (χ3n) is 4.30. The number of carbonyl (C=O) groups is 1. The Morgan fingerprint density at radius 3 is 2.95 bits per heavy atom. The summed E-state index contributed by atoms with van der Waals surface area (Å²) >= 11 is 0. The summed E-state index contributed by atoms with van der Waals surface area (Å²) in [4.78, 5) is 13.8. The molecule has 2 aliphatic heterocycles. The minimum absolute atomic E-state index is 0.0418. The summed E-state index contributed by atoms with van der Waals surface area (Å²) in [6, 6.07) is 9.66. The zero-order valence-corrected chi connectivity index (χ0v) is 12.0. The molecule has 0 aromatic heterocycles. The van der Waals surface area contributed by atoms with E-state index in [9.17, 15) is 4.79 Å². The molecule has 3 rings (SSSR count). The third-order valence-corrected chi connectivity index (χ3v) is 4.30. The lowest BCUT2D eigenvalue weighted by atomic mass is 9.92. The van der Waals surface area contributed by atoms with Crippen molar-refractivity contribution in [1.82, 2.24) is 4.90 Å². The molecule has 0 aliphatic carbocycles. The van der Waals surface area contributed by atoms with Crippen molar-refractivity contribution in [2.45, 2.75) is 31.7 Å². The maximum absolute atomic E-state index is 12.1. The molecular formula is C16H21NO4. The molecule has 1 unspecified atom stereocenters. The molecule has 1 N–H and O–H groups in total. The molecule has 21 heavy (non-hydrogen) atoms. The molecule has 5 heteroatoms. The molecule has 3 atom stereocenters. The largest absolute Gasteiger partial charge is 0.445 e. The maximum Gasteiger partial charge on any atom is 0.410 e. The average Bonchev–Trinajstić information content (AvgIpc) is 2.95. The summed E-state index contributed by atoms with van der Waals surface area (Å²) in [5, 5.41) is 9.17. The van der Waals surface area contributed by atoms with Crippen molar-refractivity contribution in [3.63, 3.8) is 0 Å². The number of carbonyl (C=O) groups excluding carboxylic acids is 1. The Hall–Kier alpha value is -1.59. The first-order valence-corrected chi connectivity index (χ1v) is 7.48. The van der Waals surface area contributed by atoms with E-state index in [0.29, 0.717) is 25.6 Å². The van der Waals surface area contributed by atoms with Crippen LogP contribution in [0.3, 0.4) is 0 Å². The van der Waals surface area contributed by atoms with Crippen molar-refractivity contribution >= 4 is 6.09 Å². The molecule has 0 radical (unpaired) electrons. The van der Waals surface area contributed by atoms with Crippen LogP contribution in [0.1, 0.15) is 18.4 Å². The minimum atomic E-state index is -0.284. The van der Waals surface area contributed by atoms with Gasteiger partial charge in [-0.1, -0.05) is 30.3 Å². The van der Waals surface area contributed by atoms with Crippen LogP contribution in [0.5, 0.6) is 0 Å². The molecule has 5 nitrogen and oxygen atoms in total. The van der Waals surface area contributed by atoms with Gasteiger partial charge in [-0.3, -0.25) is 0 Å². The number of aliphatic hydroxyl groups excluding tert-OH is 1. The van der Waals surface area contributed by atoms with Gasteiger partial charge in [0.15, 0.2) is 0 Å². The van der Waals surface area contributed by atoms with Gasteiger partial charge >= 0.3 is 6.09 Å². The van der Waals surface area contributed by atoms with E-state index in [2.05, 4.69) is 0 Å². The first kappa shape index (κ1) is 14.4. The van der Waals surface area contributed by atoms with Crippen molar-refractivity contribution in [3.05, 3.63) is 35.9 Å². The fourth-order valence-electron chi connectivity index (χ4n) is 3.12. The summed E-state index contributed by atoms with van der Waals surface area (Å²) in [6.07, 6.45) is 1.50. The zero-order chi connectivity index (χ0) is 14.7. The molecular weight excluding hydrogens is 270 g/mol. The second-order valence-corrected chi connectivity index (χ2v) is 5.75. The quantitative estimate of drug-likeness (QED) is 0.922. The molecule has 2 fully saturated rings. The van der Waals surface area contributed by atoms with E-state index < -0.39 is 0 Å². The van der Waals surface area contributed by atoms with Gasteiger partial charge in [0.25, 0.3) is 0 Å². The Morgan fingerprint density at radius 1 is 1.38 bits per heavy atom. The standard InChI is InChI=1S/C16H21NO4/c18-10-14-8-13-6-7-17(9-15(13)21-14)16(19)20-11-12-4-2-1-3-5-12/h1-5,13-15,18H,6-11H2/t13-,14?,15+/m0/s1. The number of ether oxygens (including phenoxy) is 2. The van der Waals surface area contributed by atoms with Crippen LogP contribution in [-0.2, 0) is 16.1 Å². The zero-order valence-electron chi connectivity index (χ0n) is 12.0. The Kier molecular flexibility index (Phi) is 4.41. The smallest absolute Gasteiger partial charge is 0.410 e. The lowest BCUT2D eigenvalue weighted by molar-refractivity contribution is -0.0241. The van der Waals surface area contributed by atoms with Crippen molar-refractivity contribution in [1.29, 1.82) is 0 Å². The molecule has 2 saturated heterocycles. The Labute approximate surface area is 124 Å². The van der Waals surface area contributed by atoms with E-state index in [1.807, 2.05) is 30.3 Å². The van der Waals surface area contributed by atoms with Crippen molar-refractivity contribution in [2.24, 2.45) is 5.92 Å². The van der Waals surface area contributed by atoms with Crippen molar-refractivity contribution < 1.29 is 19.4 Å². The van der Waals surface area contributed by atoms with Gasteiger partial charge in [0, 0.05) is 6.54 Å². The van der Waals surface area contributed by atoms with Crippen LogP contribution in [0, 0.1) is 5.92 Å². The number of aliphatic hydroxyl groups is 1. The highest BCUT2D eigenvalue weighted by molar-refractivity contribution is 5.67.